The van der Waals surface area contributed by atoms with Crippen molar-refractivity contribution in [2.75, 3.05) is 12.8 Å². The maximum atomic E-state index is 12.1. The molecule has 0 aromatic heterocycles. The first-order chi connectivity index (χ1) is 8.08. The summed E-state index contributed by atoms with van der Waals surface area (Å²) in [4.78, 5) is 12.1. The molecular formula is C13H16BrNOS. The third kappa shape index (κ3) is 2.86. The van der Waals surface area contributed by atoms with Crippen LogP contribution in [0, 0.1) is 6.92 Å². The predicted molar refractivity (Wildman–Crippen MR) is 76.7 cm³/mol. The van der Waals surface area contributed by atoms with Crippen molar-refractivity contribution in [3.05, 3.63) is 33.8 Å². The zero-order valence-corrected chi connectivity index (χ0v) is 12.5. The summed E-state index contributed by atoms with van der Waals surface area (Å²) in [6.45, 7) is 2.74. The molecule has 0 saturated heterocycles. The highest BCUT2D eigenvalue weighted by Crippen LogP contribution is 2.46. The normalized spacial score (nSPS) is 16.6. The minimum Gasteiger partial charge on any atom is -0.351 e. The topological polar surface area (TPSA) is 29.1 Å². The Morgan fingerprint density at radius 1 is 1.53 bits per heavy atom. The zero-order chi connectivity index (χ0) is 12.5. The van der Waals surface area contributed by atoms with Gasteiger partial charge in [-0.05, 0) is 43.7 Å². The van der Waals surface area contributed by atoms with Crippen LogP contribution in [0.2, 0.25) is 0 Å². The van der Waals surface area contributed by atoms with Gasteiger partial charge in [0.25, 0.3) is 5.91 Å². The number of halogens is 1. The van der Waals surface area contributed by atoms with Gasteiger partial charge in [-0.2, -0.15) is 11.8 Å². The van der Waals surface area contributed by atoms with Gasteiger partial charge in [-0.25, -0.2) is 0 Å². The molecule has 1 fully saturated rings. The SMILES string of the molecule is CSC1(CNC(=O)c2cccc(Br)c2C)CC1. The van der Waals surface area contributed by atoms with Gasteiger partial charge in [-0.3, -0.25) is 4.79 Å². The number of carbonyl (C=O) groups is 1. The quantitative estimate of drug-likeness (QED) is 0.923. The molecule has 0 radical (unpaired) electrons. The van der Waals surface area contributed by atoms with Crippen molar-refractivity contribution in [1.82, 2.24) is 5.32 Å². The smallest absolute Gasteiger partial charge is 0.251 e. The van der Waals surface area contributed by atoms with Gasteiger partial charge in [0.05, 0.1) is 0 Å². The Morgan fingerprint density at radius 3 is 2.82 bits per heavy atom. The average Bonchev–Trinajstić information content (AvgIpc) is 3.10. The number of thioether (sulfide) groups is 1. The fourth-order valence-electron chi connectivity index (χ4n) is 1.78. The number of rotatable bonds is 4. The summed E-state index contributed by atoms with van der Waals surface area (Å²) in [7, 11) is 0. The van der Waals surface area contributed by atoms with Gasteiger partial charge in [-0.1, -0.05) is 22.0 Å². The molecule has 17 heavy (non-hydrogen) atoms. The van der Waals surface area contributed by atoms with E-state index in [9.17, 15) is 4.79 Å². The van der Waals surface area contributed by atoms with E-state index in [2.05, 4.69) is 27.5 Å². The first-order valence-electron chi connectivity index (χ1n) is 5.66. The Morgan fingerprint density at radius 2 is 2.24 bits per heavy atom. The maximum absolute atomic E-state index is 12.1. The number of hydrogen-bond donors (Lipinski definition) is 1. The summed E-state index contributed by atoms with van der Waals surface area (Å²) in [5, 5.41) is 3.04. The van der Waals surface area contributed by atoms with Crippen LogP contribution in [0.3, 0.4) is 0 Å². The second kappa shape index (κ2) is 5.02. The zero-order valence-electron chi connectivity index (χ0n) is 10.0. The van der Waals surface area contributed by atoms with E-state index in [1.807, 2.05) is 36.9 Å². The Hall–Kier alpha value is -0.480. The molecule has 2 nitrogen and oxygen atoms in total. The van der Waals surface area contributed by atoms with Gasteiger partial charge in [-0.15, -0.1) is 0 Å². The molecule has 4 heteroatoms. The van der Waals surface area contributed by atoms with Crippen molar-refractivity contribution in [1.29, 1.82) is 0 Å². The van der Waals surface area contributed by atoms with Crippen LogP contribution in [0.15, 0.2) is 22.7 Å². The van der Waals surface area contributed by atoms with Gasteiger partial charge in [0.1, 0.15) is 0 Å². The lowest BCUT2D eigenvalue weighted by molar-refractivity contribution is 0.0952. The van der Waals surface area contributed by atoms with Gasteiger partial charge in [0.2, 0.25) is 0 Å². The molecule has 1 aromatic carbocycles. The van der Waals surface area contributed by atoms with Gasteiger partial charge in [0, 0.05) is 21.3 Å². The Balaban J connectivity index is 2.02. The third-order valence-corrected chi connectivity index (χ3v) is 5.60. The lowest BCUT2D eigenvalue weighted by Gasteiger charge is -2.14. The van der Waals surface area contributed by atoms with E-state index in [1.165, 1.54) is 12.8 Å². The fourth-order valence-corrected chi connectivity index (χ4v) is 2.88. The molecule has 0 aliphatic heterocycles. The van der Waals surface area contributed by atoms with Crippen molar-refractivity contribution in [2.24, 2.45) is 0 Å². The van der Waals surface area contributed by atoms with Crippen molar-refractivity contribution >= 4 is 33.6 Å². The van der Waals surface area contributed by atoms with Crippen LogP contribution in [0.25, 0.3) is 0 Å². The molecule has 1 saturated carbocycles. The molecule has 0 bridgehead atoms. The average molecular weight is 314 g/mol. The lowest BCUT2D eigenvalue weighted by atomic mass is 10.1. The summed E-state index contributed by atoms with van der Waals surface area (Å²) < 4.78 is 1.30. The minimum absolute atomic E-state index is 0.0316. The van der Waals surface area contributed by atoms with Crippen molar-refractivity contribution in [2.45, 2.75) is 24.5 Å². The third-order valence-electron chi connectivity index (χ3n) is 3.32. The molecule has 1 aromatic rings. The van der Waals surface area contributed by atoms with Gasteiger partial charge < -0.3 is 5.32 Å². The first-order valence-corrected chi connectivity index (χ1v) is 7.68. The van der Waals surface area contributed by atoms with Gasteiger partial charge in [0.15, 0.2) is 0 Å². The monoisotopic (exact) mass is 313 g/mol. The van der Waals surface area contributed by atoms with Gasteiger partial charge >= 0.3 is 0 Å². The minimum atomic E-state index is 0.0316. The summed E-state index contributed by atoms with van der Waals surface area (Å²) in [5.74, 6) is 0.0316. The molecule has 1 aliphatic rings. The van der Waals surface area contributed by atoms with Crippen LogP contribution in [0.1, 0.15) is 28.8 Å². The standard InChI is InChI=1S/C13H16BrNOS/c1-9-10(4-3-5-11(9)14)12(16)15-8-13(17-2)6-7-13/h3-5H,6-8H2,1-2H3,(H,15,16). The van der Waals surface area contributed by atoms with E-state index >= 15 is 0 Å². The molecule has 0 unspecified atom stereocenters. The highest BCUT2D eigenvalue weighted by Gasteiger charge is 2.41. The fraction of sp³-hybridized carbons (Fsp3) is 0.462. The van der Waals surface area contributed by atoms with E-state index in [-0.39, 0.29) is 5.91 Å². The molecule has 2 rings (SSSR count). The van der Waals surface area contributed by atoms with E-state index in [0.717, 1.165) is 22.1 Å². The molecule has 0 atom stereocenters. The van der Waals surface area contributed by atoms with Crippen LogP contribution in [0.5, 0.6) is 0 Å². The molecule has 1 N–H and O–H groups in total. The molecular weight excluding hydrogens is 298 g/mol. The number of carbonyl (C=O) groups excluding carboxylic acids is 1. The summed E-state index contributed by atoms with van der Waals surface area (Å²) in [5.41, 5.74) is 1.76. The second-order valence-electron chi connectivity index (χ2n) is 4.48. The lowest BCUT2D eigenvalue weighted by Crippen LogP contribution is -2.32. The molecule has 0 spiro atoms. The molecule has 1 aliphatic carbocycles. The largest absolute Gasteiger partial charge is 0.351 e. The molecule has 1 amide bonds. The summed E-state index contributed by atoms with van der Waals surface area (Å²) in [6.07, 6.45) is 4.54. The summed E-state index contributed by atoms with van der Waals surface area (Å²) in [6, 6.07) is 5.72. The number of amides is 1. The van der Waals surface area contributed by atoms with E-state index < -0.39 is 0 Å². The van der Waals surface area contributed by atoms with Crippen LogP contribution >= 0.6 is 27.7 Å². The Kier molecular flexibility index (Phi) is 3.83. The molecule has 92 valence electrons. The van der Waals surface area contributed by atoms with Crippen LogP contribution in [-0.2, 0) is 0 Å². The number of benzene rings is 1. The van der Waals surface area contributed by atoms with Crippen LogP contribution in [0.4, 0.5) is 0 Å². The Labute approximate surface area is 115 Å². The number of nitrogens with one attached hydrogen (secondary N) is 1. The maximum Gasteiger partial charge on any atom is 0.251 e. The van der Waals surface area contributed by atoms with Crippen LogP contribution < -0.4 is 5.32 Å². The molecule has 0 heterocycles. The highest BCUT2D eigenvalue weighted by atomic mass is 79.9. The van der Waals surface area contributed by atoms with Crippen LogP contribution in [-0.4, -0.2) is 23.5 Å². The Bertz CT molecular complexity index is 443. The van der Waals surface area contributed by atoms with E-state index in [4.69, 9.17) is 0 Å². The van der Waals surface area contributed by atoms with E-state index in [0.29, 0.717) is 4.75 Å². The van der Waals surface area contributed by atoms with E-state index in [1.54, 1.807) is 0 Å². The van der Waals surface area contributed by atoms with Crippen molar-refractivity contribution < 1.29 is 4.79 Å². The highest BCUT2D eigenvalue weighted by molar-refractivity contribution is 9.10. The number of hydrogen-bond acceptors (Lipinski definition) is 2. The second-order valence-corrected chi connectivity index (χ2v) is 6.61. The summed E-state index contributed by atoms with van der Waals surface area (Å²) >= 11 is 5.31. The first kappa shape index (κ1) is 13.0. The van der Waals surface area contributed by atoms with Crippen molar-refractivity contribution in [3.8, 4) is 0 Å². The predicted octanol–water partition coefficient (Wildman–Crippen LogP) is 3.38. The van der Waals surface area contributed by atoms with Crippen molar-refractivity contribution in [3.63, 3.8) is 0 Å².